The van der Waals surface area contributed by atoms with Gasteiger partial charge in [0.1, 0.15) is 30.8 Å². The number of hydrogen-bond acceptors (Lipinski definition) is 5. The average molecular weight is 539 g/mol. The lowest BCUT2D eigenvalue weighted by Gasteiger charge is -2.34. The molecule has 4 aromatic rings. The summed E-state index contributed by atoms with van der Waals surface area (Å²) in [5.41, 5.74) is 6.61. The van der Waals surface area contributed by atoms with Crippen LogP contribution in [0, 0.1) is 0 Å². The van der Waals surface area contributed by atoms with Crippen molar-refractivity contribution in [2.75, 3.05) is 19.8 Å². The lowest BCUT2D eigenvalue weighted by molar-refractivity contribution is -0.0122. The van der Waals surface area contributed by atoms with E-state index in [0.29, 0.717) is 12.2 Å². The van der Waals surface area contributed by atoms with Crippen LogP contribution in [-0.2, 0) is 10.2 Å². The van der Waals surface area contributed by atoms with Crippen molar-refractivity contribution in [2.24, 2.45) is 0 Å². The van der Waals surface area contributed by atoms with Crippen LogP contribution in [0.15, 0.2) is 97.1 Å². The third-order valence-electron chi connectivity index (χ3n) is 7.50. The maximum Gasteiger partial charge on any atom is 0.119 e. The summed E-state index contributed by atoms with van der Waals surface area (Å²) in [6.45, 7) is 6.50. The number of ether oxygens (including phenoxy) is 3. The van der Waals surface area contributed by atoms with E-state index in [1.807, 2.05) is 45.0 Å². The molecule has 5 heteroatoms. The SMILES string of the molecule is CCC(O)COc1ccc(C2(c3ccc(OCC(O)COC(C)C)cc3)c3ccccc3-c3ccccc32)cc1. The van der Waals surface area contributed by atoms with Crippen LogP contribution >= 0.6 is 0 Å². The molecule has 1 aliphatic carbocycles. The van der Waals surface area contributed by atoms with Crippen LogP contribution in [0.1, 0.15) is 49.4 Å². The largest absolute Gasteiger partial charge is 0.491 e. The van der Waals surface area contributed by atoms with Gasteiger partial charge in [-0.05, 0) is 77.9 Å². The molecule has 5 nitrogen and oxygen atoms in total. The molecule has 2 unspecified atom stereocenters. The van der Waals surface area contributed by atoms with Gasteiger partial charge >= 0.3 is 0 Å². The molecule has 0 spiro atoms. The van der Waals surface area contributed by atoms with Gasteiger partial charge in [-0.15, -0.1) is 0 Å². The average Bonchev–Trinajstić information content (AvgIpc) is 3.29. The summed E-state index contributed by atoms with van der Waals surface area (Å²) in [4.78, 5) is 0. The van der Waals surface area contributed by atoms with Crippen molar-refractivity contribution in [2.45, 2.75) is 50.9 Å². The summed E-state index contributed by atoms with van der Waals surface area (Å²) in [5, 5.41) is 20.2. The first-order valence-corrected chi connectivity index (χ1v) is 14.1. The van der Waals surface area contributed by atoms with Crippen LogP contribution in [-0.4, -0.2) is 48.3 Å². The second-order valence-electron chi connectivity index (χ2n) is 10.6. The van der Waals surface area contributed by atoms with Gasteiger partial charge in [0.2, 0.25) is 0 Å². The molecule has 0 aromatic heterocycles. The fraction of sp³-hybridized carbons (Fsp3) is 0.314. The zero-order valence-corrected chi connectivity index (χ0v) is 23.4. The first-order chi connectivity index (χ1) is 19.4. The Hall–Kier alpha value is -3.64. The van der Waals surface area contributed by atoms with Gasteiger partial charge in [-0.2, -0.15) is 0 Å². The first-order valence-electron chi connectivity index (χ1n) is 14.1. The Morgan fingerprint density at radius 2 is 1.05 bits per heavy atom. The smallest absolute Gasteiger partial charge is 0.119 e. The fourth-order valence-electron chi connectivity index (χ4n) is 5.48. The molecule has 2 N–H and O–H groups in total. The van der Waals surface area contributed by atoms with E-state index >= 15 is 0 Å². The number of rotatable bonds is 12. The van der Waals surface area contributed by atoms with E-state index in [2.05, 4.69) is 72.8 Å². The Balaban J connectivity index is 1.52. The molecule has 40 heavy (non-hydrogen) atoms. The van der Waals surface area contributed by atoms with Gasteiger partial charge in [0.15, 0.2) is 0 Å². The predicted molar refractivity (Wildman–Crippen MR) is 158 cm³/mol. The van der Waals surface area contributed by atoms with Gasteiger partial charge in [-0.3, -0.25) is 0 Å². The summed E-state index contributed by atoms with van der Waals surface area (Å²) in [6, 6.07) is 33.6. The van der Waals surface area contributed by atoms with Gasteiger partial charge in [-0.1, -0.05) is 79.7 Å². The molecular weight excluding hydrogens is 500 g/mol. The lowest BCUT2D eigenvalue weighted by Crippen LogP contribution is -2.28. The summed E-state index contributed by atoms with van der Waals surface area (Å²) in [5.74, 6) is 1.43. The lowest BCUT2D eigenvalue weighted by atomic mass is 9.68. The molecule has 4 aromatic carbocycles. The van der Waals surface area contributed by atoms with E-state index in [0.717, 1.165) is 16.9 Å². The van der Waals surface area contributed by atoms with E-state index in [4.69, 9.17) is 14.2 Å². The van der Waals surface area contributed by atoms with Crippen LogP contribution in [0.25, 0.3) is 11.1 Å². The molecule has 0 bridgehead atoms. The molecule has 2 atom stereocenters. The van der Waals surface area contributed by atoms with Crippen molar-refractivity contribution in [1.82, 2.24) is 0 Å². The molecule has 0 amide bonds. The molecule has 0 heterocycles. The predicted octanol–water partition coefficient (Wildman–Crippen LogP) is 6.36. The maximum atomic E-state index is 10.2. The Morgan fingerprint density at radius 3 is 1.50 bits per heavy atom. The number of hydrogen-bond donors (Lipinski definition) is 2. The minimum atomic E-state index is -0.693. The highest BCUT2D eigenvalue weighted by atomic mass is 16.5. The van der Waals surface area contributed by atoms with Crippen LogP contribution in [0.3, 0.4) is 0 Å². The highest BCUT2D eigenvalue weighted by Gasteiger charge is 2.45. The molecule has 208 valence electrons. The van der Waals surface area contributed by atoms with Crippen molar-refractivity contribution in [3.8, 4) is 22.6 Å². The Morgan fingerprint density at radius 1 is 0.600 bits per heavy atom. The van der Waals surface area contributed by atoms with Gasteiger partial charge in [0.25, 0.3) is 0 Å². The van der Waals surface area contributed by atoms with Crippen molar-refractivity contribution >= 4 is 0 Å². The van der Waals surface area contributed by atoms with Crippen molar-refractivity contribution < 1.29 is 24.4 Å². The second-order valence-corrected chi connectivity index (χ2v) is 10.6. The summed E-state index contributed by atoms with van der Waals surface area (Å²) >= 11 is 0. The van der Waals surface area contributed by atoms with Gasteiger partial charge < -0.3 is 24.4 Å². The van der Waals surface area contributed by atoms with Gasteiger partial charge in [-0.25, -0.2) is 0 Å². The van der Waals surface area contributed by atoms with Crippen molar-refractivity contribution in [3.63, 3.8) is 0 Å². The number of aliphatic hydroxyl groups is 2. The van der Waals surface area contributed by atoms with Crippen LogP contribution in [0.4, 0.5) is 0 Å². The molecule has 0 radical (unpaired) electrons. The quantitative estimate of drug-likeness (QED) is 0.193. The fourth-order valence-corrected chi connectivity index (χ4v) is 5.48. The standard InChI is InChI=1S/C35H38O5/c1-4-27(36)21-39-29-17-13-25(14-18-29)35(33-11-7-5-9-31(33)32-10-6-8-12-34(32)35)26-15-19-30(20-16-26)40-23-28(37)22-38-24(2)3/h5-20,24,27-28,36-37H,4,21-23H2,1-3H3. The molecule has 1 aliphatic rings. The number of fused-ring (bicyclic) bond motifs is 3. The minimum absolute atomic E-state index is 0.0610. The van der Waals surface area contributed by atoms with Crippen LogP contribution in [0.2, 0.25) is 0 Å². The third kappa shape index (κ3) is 5.50. The minimum Gasteiger partial charge on any atom is -0.491 e. The third-order valence-corrected chi connectivity index (χ3v) is 7.50. The normalized spacial score (nSPS) is 14.8. The van der Waals surface area contributed by atoms with E-state index < -0.39 is 17.6 Å². The maximum absolute atomic E-state index is 10.2. The molecule has 0 saturated carbocycles. The second kappa shape index (κ2) is 12.3. The highest BCUT2D eigenvalue weighted by molar-refractivity contribution is 5.86. The van der Waals surface area contributed by atoms with Crippen LogP contribution in [0.5, 0.6) is 11.5 Å². The molecule has 0 aliphatic heterocycles. The zero-order chi connectivity index (χ0) is 28.1. The first kappa shape index (κ1) is 27.9. The molecule has 5 rings (SSSR count). The molecule has 0 saturated heterocycles. The van der Waals surface area contributed by atoms with Gasteiger partial charge in [0.05, 0.1) is 24.2 Å². The topological polar surface area (TPSA) is 68.2 Å². The van der Waals surface area contributed by atoms with E-state index in [1.165, 1.54) is 22.3 Å². The summed E-state index contributed by atoms with van der Waals surface area (Å²) in [7, 11) is 0. The summed E-state index contributed by atoms with van der Waals surface area (Å²) in [6.07, 6.45) is -0.463. The highest BCUT2D eigenvalue weighted by Crippen LogP contribution is 2.56. The molecule has 0 fully saturated rings. The monoisotopic (exact) mass is 538 g/mol. The summed E-state index contributed by atoms with van der Waals surface area (Å²) < 4.78 is 17.2. The van der Waals surface area contributed by atoms with E-state index in [-0.39, 0.29) is 25.9 Å². The van der Waals surface area contributed by atoms with Crippen LogP contribution < -0.4 is 9.47 Å². The Kier molecular flexibility index (Phi) is 8.55. The van der Waals surface area contributed by atoms with Gasteiger partial charge in [0, 0.05) is 0 Å². The molecular formula is C35H38O5. The number of aliphatic hydroxyl groups excluding tert-OH is 2. The van der Waals surface area contributed by atoms with Crippen molar-refractivity contribution in [1.29, 1.82) is 0 Å². The number of benzene rings is 4. The van der Waals surface area contributed by atoms with E-state index in [1.54, 1.807) is 0 Å². The Bertz CT molecular complexity index is 1350. The Labute approximate surface area is 237 Å². The van der Waals surface area contributed by atoms with Crippen molar-refractivity contribution in [3.05, 3.63) is 119 Å². The van der Waals surface area contributed by atoms with E-state index in [9.17, 15) is 10.2 Å². The zero-order valence-electron chi connectivity index (χ0n) is 23.4.